The third-order valence-electron chi connectivity index (χ3n) is 8.46. The lowest BCUT2D eigenvalue weighted by molar-refractivity contribution is -0.385. The van der Waals surface area contributed by atoms with Crippen LogP contribution in [0.4, 0.5) is 34.1 Å². The van der Waals surface area contributed by atoms with E-state index in [1.54, 1.807) is 24.3 Å². The quantitative estimate of drug-likeness (QED) is 0.0313. The molecule has 0 unspecified atom stereocenters. The standard InChI is InChI=1S/C39H46N6O6/c1-6-7-8-9-10-11-12-13-14-39(50-37-25-27(2)35(23-29(37)4)42-40-31-15-19-33(20-16-31)44(46)47)51-38-26-28(3)36(24-30(38)5)43-41-32-17-21-34(22-18-32)45(48)49/h15-26,39H,6-14H2,1-5H3. The Kier molecular flexibility index (Phi) is 14.3. The molecule has 0 heterocycles. The second-order valence-corrected chi connectivity index (χ2v) is 12.7. The molecule has 0 saturated heterocycles. The normalized spacial score (nSPS) is 12.0. The van der Waals surface area contributed by atoms with E-state index < -0.39 is 16.1 Å². The number of aryl methyl sites for hydroxylation is 4. The van der Waals surface area contributed by atoms with Gasteiger partial charge in [0, 0.05) is 30.7 Å². The van der Waals surface area contributed by atoms with Gasteiger partial charge in [-0.2, -0.15) is 20.5 Å². The molecular weight excluding hydrogens is 648 g/mol. The summed E-state index contributed by atoms with van der Waals surface area (Å²) in [6.07, 6.45) is 9.70. The molecule has 268 valence electrons. The first-order valence-corrected chi connectivity index (χ1v) is 17.4. The summed E-state index contributed by atoms with van der Waals surface area (Å²) < 4.78 is 13.1. The Labute approximate surface area is 299 Å². The average molecular weight is 695 g/mol. The van der Waals surface area contributed by atoms with E-state index in [0.29, 0.717) is 40.7 Å². The minimum Gasteiger partial charge on any atom is -0.455 e. The van der Waals surface area contributed by atoms with Gasteiger partial charge in [-0.3, -0.25) is 20.2 Å². The Balaban J connectivity index is 1.49. The fraction of sp³-hybridized carbons (Fsp3) is 0.385. The van der Waals surface area contributed by atoms with Gasteiger partial charge in [0.25, 0.3) is 11.4 Å². The largest absolute Gasteiger partial charge is 0.455 e. The maximum absolute atomic E-state index is 11.0. The molecule has 4 aromatic carbocycles. The zero-order valence-electron chi connectivity index (χ0n) is 30.0. The lowest BCUT2D eigenvalue weighted by atomic mass is 10.1. The Morgan fingerprint density at radius 1 is 0.549 bits per heavy atom. The molecule has 0 aliphatic rings. The molecular formula is C39H46N6O6. The molecule has 0 fully saturated rings. The first-order chi connectivity index (χ1) is 24.5. The summed E-state index contributed by atoms with van der Waals surface area (Å²) in [5, 5.41) is 39.3. The van der Waals surface area contributed by atoms with E-state index in [-0.39, 0.29) is 11.4 Å². The lowest BCUT2D eigenvalue weighted by Crippen LogP contribution is -2.25. The number of azo groups is 2. The van der Waals surface area contributed by atoms with Crippen LogP contribution in [-0.4, -0.2) is 16.1 Å². The van der Waals surface area contributed by atoms with Crippen molar-refractivity contribution in [2.75, 3.05) is 0 Å². The van der Waals surface area contributed by atoms with Gasteiger partial charge in [-0.15, -0.1) is 0 Å². The van der Waals surface area contributed by atoms with Crippen molar-refractivity contribution in [2.24, 2.45) is 20.5 Å². The predicted octanol–water partition coefficient (Wildman–Crippen LogP) is 12.9. The van der Waals surface area contributed by atoms with Gasteiger partial charge >= 0.3 is 0 Å². The number of benzene rings is 4. The Hall–Kier alpha value is -5.52. The molecule has 0 aromatic heterocycles. The Morgan fingerprint density at radius 3 is 1.33 bits per heavy atom. The summed E-state index contributed by atoms with van der Waals surface area (Å²) >= 11 is 0. The third kappa shape index (κ3) is 11.8. The van der Waals surface area contributed by atoms with Gasteiger partial charge in [-0.25, -0.2) is 0 Å². The molecule has 0 radical (unpaired) electrons. The molecule has 0 bridgehead atoms. The van der Waals surface area contributed by atoms with E-state index in [0.717, 1.165) is 35.1 Å². The zero-order chi connectivity index (χ0) is 36.8. The van der Waals surface area contributed by atoms with Gasteiger partial charge in [0.1, 0.15) is 11.5 Å². The molecule has 12 nitrogen and oxygen atoms in total. The van der Waals surface area contributed by atoms with E-state index in [4.69, 9.17) is 9.47 Å². The number of ether oxygens (including phenoxy) is 2. The summed E-state index contributed by atoms with van der Waals surface area (Å²) in [7, 11) is 0. The smallest absolute Gasteiger partial charge is 0.269 e. The molecule has 0 amide bonds. The summed E-state index contributed by atoms with van der Waals surface area (Å²) in [5.74, 6) is 1.38. The third-order valence-corrected chi connectivity index (χ3v) is 8.46. The van der Waals surface area contributed by atoms with Crippen LogP contribution in [0.5, 0.6) is 11.5 Å². The maximum Gasteiger partial charge on any atom is 0.269 e. The van der Waals surface area contributed by atoms with Crippen molar-refractivity contribution >= 4 is 34.1 Å². The fourth-order valence-electron chi connectivity index (χ4n) is 5.39. The highest BCUT2D eigenvalue weighted by molar-refractivity contribution is 5.55. The van der Waals surface area contributed by atoms with Gasteiger partial charge < -0.3 is 9.47 Å². The molecule has 0 atom stereocenters. The number of unbranched alkanes of at least 4 members (excludes halogenated alkanes) is 7. The fourth-order valence-corrected chi connectivity index (χ4v) is 5.39. The Bertz CT molecular complexity index is 1720. The molecule has 0 spiro atoms. The number of rotatable bonds is 19. The minimum atomic E-state index is -0.540. The summed E-state index contributed by atoms with van der Waals surface area (Å²) in [4.78, 5) is 21.0. The van der Waals surface area contributed by atoms with Crippen LogP contribution >= 0.6 is 0 Å². The SMILES string of the molecule is CCCCCCCCCCC(Oc1cc(C)c(N=Nc2ccc([N+](=O)[O-])cc2)cc1C)Oc1cc(C)c(N=Nc2ccc([N+](=O)[O-])cc2)cc1C. The van der Waals surface area contributed by atoms with Crippen molar-refractivity contribution in [3.05, 3.63) is 115 Å². The van der Waals surface area contributed by atoms with Crippen molar-refractivity contribution in [3.8, 4) is 11.5 Å². The first kappa shape index (κ1) is 38.3. The molecule has 4 aromatic rings. The van der Waals surface area contributed by atoms with Crippen LogP contribution in [0.3, 0.4) is 0 Å². The van der Waals surface area contributed by atoms with Crippen LogP contribution in [0.2, 0.25) is 0 Å². The first-order valence-electron chi connectivity index (χ1n) is 17.4. The van der Waals surface area contributed by atoms with E-state index in [1.807, 2.05) is 52.0 Å². The van der Waals surface area contributed by atoms with Crippen LogP contribution in [0.25, 0.3) is 0 Å². The van der Waals surface area contributed by atoms with Crippen LogP contribution in [0, 0.1) is 47.9 Å². The van der Waals surface area contributed by atoms with Crippen molar-refractivity contribution < 1.29 is 19.3 Å². The van der Waals surface area contributed by atoms with Crippen LogP contribution in [0.15, 0.2) is 93.3 Å². The van der Waals surface area contributed by atoms with E-state index in [1.165, 1.54) is 62.8 Å². The van der Waals surface area contributed by atoms with Crippen LogP contribution in [-0.2, 0) is 0 Å². The molecule has 0 aliphatic carbocycles. The number of hydrogen-bond donors (Lipinski definition) is 0. The summed E-state index contributed by atoms with van der Waals surface area (Å²) in [6.45, 7) is 10.00. The second kappa shape index (κ2) is 19.0. The lowest BCUT2D eigenvalue weighted by Gasteiger charge is -2.23. The second-order valence-electron chi connectivity index (χ2n) is 12.7. The van der Waals surface area contributed by atoms with Crippen LogP contribution < -0.4 is 9.47 Å². The van der Waals surface area contributed by atoms with Gasteiger partial charge in [0.2, 0.25) is 6.29 Å². The number of nitro groups is 2. The van der Waals surface area contributed by atoms with Gasteiger partial charge in [-0.05, 0) is 105 Å². The summed E-state index contributed by atoms with van der Waals surface area (Å²) in [5.41, 5.74) is 5.84. The van der Waals surface area contributed by atoms with E-state index >= 15 is 0 Å². The van der Waals surface area contributed by atoms with Gasteiger partial charge in [0.05, 0.1) is 32.6 Å². The highest BCUT2D eigenvalue weighted by Gasteiger charge is 2.18. The van der Waals surface area contributed by atoms with Crippen LogP contribution in [0.1, 0.15) is 87.0 Å². The van der Waals surface area contributed by atoms with Crippen molar-refractivity contribution in [2.45, 2.75) is 98.7 Å². The average Bonchev–Trinajstić information content (AvgIpc) is 3.11. The minimum absolute atomic E-state index is 0.00212. The van der Waals surface area contributed by atoms with Crippen molar-refractivity contribution in [1.82, 2.24) is 0 Å². The zero-order valence-corrected chi connectivity index (χ0v) is 30.0. The molecule has 0 N–H and O–H groups in total. The van der Waals surface area contributed by atoms with Crippen molar-refractivity contribution in [1.29, 1.82) is 0 Å². The number of hydrogen-bond acceptors (Lipinski definition) is 10. The maximum atomic E-state index is 11.0. The number of nitrogens with zero attached hydrogens (tertiary/aromatic N) is 6. The summed E-state index contributed by atoms with van der Waals surface area (Å²) in [6, 6.07) is 19.5. The molecule has 51 heavy (non-hydrogen) atoms. The molecule has 12 heteroatoms. The van der Waals surface area contributed by atoms with Crippen molar-refractivity contribution in [3.63, 3.8) is 0 Å². The molecule has 4 rings (SSSR count). The van der Waals surface area contributed by atoms with E-state index in [9.17, 15) is 20.2 Å². The van der Waals surface area contributed by atoms with E-state index in [2.05, 4.69) is 27.4 Å². The highest BCUT2D eigenvalue weighted by atomic mass is 16.7. The highest BCUT2D eigenvalue weighted by Crippen LogP contribution is 2.34. The van der Waals surface area contributed by atoms with Gasteiger partial charge in [-0.1, -0.05) is 51.9 Å². The topological polar surface area (TPSA) is 154 Å². The monoisotopic (exact) mass is 694 g/mol. The van der Waals surface area contributed by atoms with Gasteiger partial charge in [0.15, 0.2) is 0 Å². The molecule has 0 aliphatic heterocycles. The number of non-ortho nitro benzene ring substituents is 2. The Morgan fingerprint density at radius 2 is 0.941 bits per heavy atom. The molecule has 0 saturated carbocycles. The predicted molar refractivity (Wildman–Crippen MR) is 199 cm³/mol. The number of nitro benzene ring substituents is 2.